The van der Waals surface area contributed by atoms with Gasteiger partial charge in [0.05, 0.1) is 0 Å². The Morgan fingerprint density at radius 3 is 1.05 bits per heavy atom. The molecule has 0 bridgehead atoms. The van der Waals surface area contributed by atoms with E-state index in [-0.39, 0.29) is 19.3 Å². The Bertz CT molecular complexity index is 916. The highest BCUT2D eigenvalue weighted by molar-refractivity contribution is 6.63. The molecule has 22 heteroatoms. The summed E-state index contributed by atoms with van der Waals surface area (Å²) in [4.78, 5) is 10.5. The summed E-state index contributed by atoms with van der Waals surface area (Å²) in [6, 6.07) is 0. The molecular weight excluding hydrogens is 684 g/mol. The predicted octanol–water partition coefficient (Wildman–Crippen LogP) is 10.6. The van der Waals surface area contributed by atoms with Crippen LogP contribution in [0.15, 0.2) is 0 Å². The molecule has 0 rings (SSSR count). The van der Waals surface area contributed by atoms with Gasteiger partial charge >= 0.3 is 59.7 Å². The van der Waals surface area contributed by atoms with Gasteiger partial charge in [-0.15, -0.1) is 0 Å². The van der Waals surface area contributed by atoms with Crippen molar-refractivity contribution in [1.29, 1.82) is 0 Å². The summed E-state index contributed by atoms with van der Waals surface area (Å²) in [5.41, 5.74) is 0. The first-order chi connectivity index (χ1) is 18.9. The van der Waals surface area contributed by atoms with Crippen molar-refractivity contribution in [1.82, 2.24) is 0 Å². The Kier molecular flexibility index (Phi) is 13.1. The smallest absolute Gasteiger partial charge is 0.281 e. The van der Waals surface area contributed by atoms with E-state index < -0.39 is 84.2 Å². The fourth-order valence-corrected chi connectivity index (χ4v) is 3.52. The Morgan fingerprint density at radius 2 is 0.721 bits per heavy atom. The van der Waals surface area contributed by atoms with Crippen LogP contribution >= 0.6 is 11.6 Å². The molecule has 0 saturated heterocycles. The number of hydrogen-bond acceptors (Lipinski definition) is 1. The summed E-state index contributed by atoms with van der Waals surface area (Å²) in [5.74, 6) is -74.5. The quantitative estimate of drug-likeness (QED) is 0.0701. The summed E-state index contributed by atoms with van der Waals surface area (Å²) in [5, 5.41) is -0.618. The van der Waals surface area contributed by atoms with E-state index in [0.29, 0.717) is 25.7 Å². The van der Waals surface area contributed by atoms with Crippen LogP contribution in [-0.4, -0.2) is 65.0 Å². The molecule has 0 N–H and O–H groups in total. The Morgan fingerprint density at radius 1 is 0.442 bits per heavy atom. The van der Waals surface area contributed by atoms with Crippen LogP contribution in [0, 0.1) is 0 Å². The van der Waals surface area contributed by atoms with Crippen LogP contribution in [0.3, 0.4) is 0 Å². The molecule has 0 amide bonds. The molecule has 0 spiro atoms. The van der Waals surface area contributed by atoms with Gasteiger partial charge in [-0.2, -0.15) is 79.0 Å². The number of rotatable bonds is 20. The second kappa shape index (κ2) is 13.5. The normalized spacial score (nSPS) is 15.4. The highest BCUT2D eigenvalue weighted by atomic mass is 35.5. The van der Waals surface area contributed by atoms with Crippen molar-refractivity contribution < 1.29 is 92.6 Å². The second-order valence-electron chi connectivity index (χ2n) is 9.33. The van der Waals surface area contributed by atoms with Gasteiger partial charge in [0.2, 0.25) is 5.24 Å². The number of unbranched alkanes of at least 4 members (excludes halogenated alkanes) is 7. The number of alkyl halides is 20. The molecule has 1 nitrogen and oxygen atoms in total. The van der Waals surface area contributed by atoms with Gasteiger partial charge in [-0.05, 0) is 24.4 Å². The third-order valence-corrected chi connectivity index (χ3v) is 6.32. The van der Waals surface area contributed by atoms with Crippen molar-refractivity contribution in [2.75, 3.05) is 0 Å². The van der Waals surface area contributed by atoms with E-state index in [4.69, 9.17) is 11.6 Å². The zero-order valence-electron chi connectivity index (χ0n) is 21.0. The zero-order valence-corrected chi connectivity index (χ0v) is 21.7. The molecule has 0 aliphatic rings. The highest BCUT2D eigenvalue weighted by Gasteiger charge is 2.96. The monoisotopic (exact) mass is 704 g/mol. The molecule has 0 unspecified atom stereocenters. The lowest BCUT2D eigenvalue weighted by atomic mass is 9.85. The second-order valence-corrected chi connectivity index (χ2v) is 9.75. The molecule has 0 atom stereocenters. The van der Waals surface area contributed by atoms with Gasteiger partial charge in [0.1, 0.15) is 0 Å². The molecule has 0 fully saturated rings. The van der Waals surface area contributed by atoms with E-state index in [1.165, 1.54) is 0 Å². The van der Waals surface area contributed by atoms with Gasteiger partial charge in [0.15, 0.2) is 0 Å². The third kappa shape index (κ3) is 7.35. The summed E-state index contributed by atoms with van der Waals surface area (Å²) >= 11 is 5.08. The van der Waals surface area contributed by atoms with Gasteiger partial charge < -0.3 is 0 Å². The third-order valence-electron chi connectivity index (χ3n) is 6.13. The summed E-state index contributed by atoms with van der Waals surface area (Å²) in [7, 11) is 0. The molecule has 0 heterocycles. The lowest BCUT2D eigenvalue weighted by Gasteiger charge is -2.44. The molecular formula is C21H21ClF20O. The SMILES string of the molecule is O=C(Cl)CCCCCCCCCCC(F)(F)C(F)(F)C(F)(F)C(F)(F)C(F)(F)C(F)(F)C(F)(F)C(F)(F)C(F)(F)C(F)F. The maximum absolute atomic E-state index is 13.9. The molecule has 0 aliphatic carbocycles. The van der Waals surface area contributed by atoms with E-state index in [0.717, 1.165) is 0 Å². The summed E-state index contributed by atoms with van der Waals surface area (Å²) in [6.45, 7) is 0. The van der Waals surface area contributed by atoms with Crippen LogP contribution in [-0.2, 0) is 4.79 Å². The molecule has 0 radical (unpaired) electrons. The lowest BCUT2D eigenvalue weighted by Crippen LogP contribution is -2.76. The molecule has 43 heavy (non-hydrogen) atoms. The molecule has 0 aliphatic heterocycles. The molecule has 258 valence electrons. The van der Waals surface area contributed by atoms with Gasteiger partial charge in [-0.25, -0.2) is 8.78 Å². The van der Waals surface area contributed by atoms with E-state index in [9.17, 15) is 92.6 Å². The van der Waals surface area contributed by atoms with Crippen molar-refractivity contribution >= 4 is 16.8 Å². The van der Waals surface area contributed by atoms with Crippen LogP contribution in [0.5, 0.6) is 0 Å². The largest absolute Gasteiger partial charge is 0.385 e. The summed E-state index contributed by atoms with van der Waals surface area (Å²) < 4.78 is 268. The fraction of sp³-hybridized carbons (Fsp3) is 0.952. The van der Waals surface area contributed by atoms with Crippen LogP contribution in [0.25, 0.3) is 0 Å². The minimum absolute atomic E-state index is 0.0433. The van der Waals surface area contributed by atoms with E-state index in [1.807, 2.05) is 0 Å². The van der Waals surface area contributed by atoms with Gasteiger partial charge in [0, 0.05) is 12.8 Å². The number of carbonyl (C=O) groups is 1. The average Bonchev–Trinajstić information content (AvgIpc) is 2.83. The average molecular weight is 705 g/mol. The van der Waals surface area contributed by atoms with Crippen molar-refractivity contribution in [2.45, 2.75) is 124 Å². The van der Waals surface area contributed by atoms with Crippen molar-refractivity contribution in [3.63, 3.8) is 0 Å². The first-order valence-electron chi connectivity index (χ1n) is 11.7. The first kappa shape index (κ1) is 41.6. The molecule has 0 saturated carbocycles. The van der Waals surface area contributed by atoms with Crippen molar-refractivity contribution in [3.8, 4) is 0 Å². The Labute approximate surface area is 234 Å². The van der Waals surface area contributed by atoms with E-state index in [2.05, 4.69) is 0 Å². The van der Waals surface area contributed by atoms with Crippen molar-refractivity contribution in [3.05, 3.63) is 0 Å². The number of halogens is 21. The van der Waals surface area contributed by atoms with Gasteiger partial charge in [-0.1, -0.05) is 38.5 Å². The Hall–Kier alpha value is -1.44. The molecule has 0 aromatic rings. The van der Waals surface area contributed by atoms with E-state index >= 15 is 0 Å². The minimum atomic E-state index is -8.98. The molecule has 0 aromatic heterocycles. The zero-order chi connectivity index (χ0) is 34.7. The van der Waals surface area contributed by atoms with Crippen LogP contribution in [0.4, 0.5) is 87.8 Å². The van der Waals surface area contributed by atoms with Gasteiger partial charge in [0.25, 0.3) is 0 Å². The maximum Gasteiger partial charge on any atom is 0.385 e. The standard InChI is InChI=1S/C21H21ClF20O/c22-11(43)9-7-5-3-1-2-4-6-8-10-13(25,26)15(29,30)17(33,34)19(37,38)21(41,42)20(39,40)18(35,36)16(31,32)14(27,28)12(23)24/h12H,1-10H2. The molecule has 0 aromatic carbocycles. The lowest BCUT2D eigenvalue weighted by molar-refractivity contribution is -0.465. The first-order valence-corrected chi connectivity index (χ1v) is 12.1. The van der Waals surface area contributed by atoms with Crippen molar-refractivity contribution in [2.24, 2.45) is 0 Å². The van der Waals surface area contributed by atoms with Crippen LogP contribution < -0.4 is 0 Å². The maximum atomic E-state index is 13.9. The minimum Gasteiger partial charge on any atom is -0.281 e. The topological polar surface area (TPSA) is 17.1 Å². The number of hydrogen-bond donors (Lipinski definition) is 0. The van der Waals surface area contributed by atoms with Crippen LogP contribution in [0.2, 0.25) is 0 Å². The Balaban J connectivity index is 5.91. The predicted molar refractivity (Wildman–Crippen MR) is 108 cm³/mol. The summed E-state index contributed by atoms with van der Waals surface area (Å²) in [6.07, 6.45) is -8.49. The van der Waals surface area contributed by atoms with E-state index in [1.54, 1.807) is 0 Å². The fourth-order valence-electron chi connectivity index (χ4n) is 3.39. The van der Waals surface area contributed by atoms with Crippen LogP contribution in [0.1, 0.15) is 64.2 Å². The van der Waals surface area contributed by atoms with Gasteiger partial charge in [-0.3, -0.25) is 4.79 Å². The highest BCUT2D eigenvalue weighted by Crippen LogP contribution is 2.65. The number of carbonyl (C=O) groups excluding carboxylic acids is 1.